The molecule has 134 valence electrons. The van der Waals surface area contributed by atoms with E-state index in [0.717, 1.165) is 41.7 Å². The lowest BCUT2D eigenvalue weighted by Crippen LogP contribution is -2.29. The van der Waals surface area contributed by atoms with Gasteiger partial charge in [-0.3, -0.25) is 9.69 Å². The van der Waals surface area contributed by atoms with Crippen molar-refractivity contribution in [1.29, 1.82) is 0 Å². The molecular weight excluding hydrogens is 324 g/mol. The second-order valence-corrected chi connectivity index (χ2v) is 6.88. The molecule has 1 saturated heterocycles. The van der Waals surface area contributed by atoms with Crippen LogP contribution in [0.4, 0.5) is 0 Å². The van der Waals surface area contributed by atoms with Crippen LogP contribution in [0, 0.1) is 0 Å². The second-order valence-electron chi connectivity index (χ2n) is 6.88. The third-order valence-corrected chi connectivity index (χ3v) is 5.13. The van der Waals surface area contributed by atoms with Crippen LogP contribution in [0.3, 0.4) is 0 Å². The molecule has 0 unspecified atom stereocenters. The Morgan fingerprint density at radius 3 is 2.54 bits per heavy atom. The number of piperidine rings is 1. The number of likely N-dealkylation sites (tertiary alicyclic amines) is 1. The Morgan fingerprint density at radius 1 is 1.04 bits per heavy atom. The summed E-state index contributed by atoms with van der Waals surface area (Å²) in [7, 11) is 1.67. The number of nitrogens with zero attached hydrogens (tertiary/aromatic N) is 1. The van der Waals surface area contributed by atoms with Crippen molar-refractivity contribution >= 4 is 16.9 Å². The summed E-state index contributed by atoms with van der Waals surface area (Å²) < 4.78 is 6.16. The summed E-state index contributed by atoms with van der Waals surface area (Å²) in [5.41, 5.74) is 3.50. The molecule has 0 bridgehead atoms. The van der Waals surface area contributed by atoms with E-state index in [9.17, 15) is 4.79 Å². The number of furan rings is 1. The van der Waals surface area contributed by atoms with E-state index >= 15 is 0 Å². The van der Waals surface area contributed by atoms with Crippen LogP contribution < -0.4 is 5.32 Å². The number of carbonyl (C=O) groups is 1. The molecule has 1 aliphatic rings. The molecule has 1 amide bonds. The van der Waals surface area contributed by atoms with Gasteiger partial charge in [0, 0.05) is 24.5 Å². The maximum atomic E-state index is 12.7. The van der Waals surface area contributed by atoms with Crippen molar-refractivity contribution in [3.63, 3.8) is 0 Å². The maximum absolute atomic E-state index is 12.7. The average molecular weight is 348 g/mol. The number of amides is 1. The van der Waals surface area contributed by atoms with Gasteiger partial charge in [-0.1, -0.05) is 48.9 Å². The Bertz CT molecular complexity index is 909. The molecule has 0 aliphatic carbocycles. The zero-order valence-electron chi connectivity index (χ0n) is 15.1. The van der Waals surface area contributed by atoms with E-state index in [2.05, 4.69) is 16.3 Å². The quantitative estimate of drug-likeness (QED) is 0.758. The minimum atomic E-state index is -0.103. The number of rotatable bonds is 4. The van der Waals surface area contributed by atoms with Crippen molar-refractivity contribution in [1.82, 2.24) is 10.2 Å². The molecule has 1 fully saturated rings. The summed E-state index contributed by atoms with van der Waals surface area (Å²) in [4.78, 5) is 15.2. The number of benzene rings is 2. The number of carbonyl (C=O) groups excluding carboxylic acids is 1. The van der Waals surface area contributed by atoms with Crippen molar-refractivity contribution in [2.75, 3.05) is 20.1 Å². The topological polar surface area (TPSA) is 45.5 Å². The zero-order valence-corrected chi connectivity index (χ0v) is 15.1. The van der Waals surface area contributed by atoms with Crippen molar-refractivity contribution < 1.29 is 9.21 Å². The van der Waals surface area contributed by atoms with E-state index in [4.69, 9.17) is 4.42 Å². The predicted octanol–water partition coefficient (Wildman–Crippen LogP) is 4.45. The van der Waals surface area contributed by atoms with Gasteiger partial charge in [0.15, 0.2) is 0 Å². The third kappa shape index (κ3) is 3.13. The highest BCUT2D eigenvalue weighted by atomic mass is 16.3. The van der Waals surface area contributed by atoms with Gasteiger partial charge in [0.05, 0.1) is 5.56 Å². The Labute approximate surface area is 153 Å². The molecule has 2 aromatic carbocycles. The van der Waals surface area contributed by atoms with Gasteiger partial charge in [0.2, 0.25) is 0 Å². The molecule has 26 heavy (non-hydrogen) atoms. The number of hydrogen-bond acceptors (Lipinski definition) is 3. The first-order chi connectivity index (χ1) is 12.8. The van der Waals surface area contributed by atoms with Crippen molar-refractivity contribution in [3.05, 3.63) is 59.7 Å². The Kier molecular flexibility index (Phi) is 4.76. The first-order valence-electron chi connectivity index (χ1n) is 9.32. The third-order valence-electron chi connectivity index (χ3n) is 5.13. The Morgan fingerprint density at radius 2 is 1.81 bits per heavy atom. The molecule has 0 atom stereocenters. The normalized spacial score (nSPS) is 15.3. The molecule has 3 aromatic rings. The van der Waals surface area contributed by atoms with Crippen LogP contribution in [0.2, 0.25) is 0 Å². The molecule has 0 spiro atoms. The molecule has 4 nitrogen and oxygen atoms in total. The lowest BCUT2D eigenvalue weighted by molar-refractivity contribution is 0.0964. The average Bonchev–Trinajstić information content (AvgIpc) is 3.09. The van der Waals surface area contributed by atoms with Gasteiger partial charge in [-0.25, -0.2) is 0 Å². The summed E-state index contributed by atoms with van der Waals surface area (Å²) in [6.07, 6.45) is 3.81. The van der Waals surface area contributed by atoms with Crippen LogP contribution in [0.25, 0.3) is 22.3 Å². The predicted molar refractivity (Wildman–Crippen MR) is 104 cm³/mol. The van der Waals surface area contributed by atoms with Gasteiger partial charge in [-0.15, -0.1) is 0 Å². The second kappa shape index (κ2) is 7.34. The van der Waals surface area contributed by atoms with Crippen molar-refractivity contribution in [3.8, 4) is 11.3 Å². The highest BCUT2D eigenvalue weighted by molar-refractivity contribution is 6.12. The highest BCUT2D eigenvalue weighted by Gasteiger charge is 2.24. The monoisotopic (exact) mass is 348 g/mol. The molecular formula is C22H24N2O2. The van der Waals surface area contributed by atoms with Crippen molar-refractivity contribution in [2.45, 2.75) is 25.8 Å². The molecule has 1 aliphatic heterocycles. The largest absolute Gasteiger partial charge is 0.455 e. The molecule has 4 heteroatoms. The van der Waals surface area contributed by atoms with Crippen molar-refractivity contribution in [2.24, 2.45) is 0 Å². The number of hydrogen-bond donors (Lipinski definition) is 1. The van der Waals surface area contributed by atoms with E-state index in [1.165, 1.54) is 19.3 Å². The fraction of sp³-hybridized carbons (Fsp3) is 0.318. The van der Waals surface area contributed by atoms with E-state index in [1.54, 1.807) is 7.05 Å². The lowest BCUT2D eigenvalue weighted by atomic mass is 10.00. The summed E-state index contributed by atoms with van der Waals surface area (Å²) in [5, 5.41) is 3.73. The first-order valence-corrected chi connectivity index (χ1v) is 9.32. The highest BCUT2D eigenvalue weighted by Crippen LogP contribution is 2.36. The minimum Gasteiger partial charge on any atom is -0.455 e. The number of nitrogens with one attached hydrogen (secondary N) is 1. The lowest BCUT2D eigenvalue weighted by Gasteiger charge is -2.26. The van der Waals surface area contributed by atoms with E-state index in [-0.39, 0.29) is 5.91 Å². The summed E-state index contributed by atoms with van der Waals surface area (Å²) >= 11 is 0. The molecule has 0 radical (unpaired) electrons. The summed E-state index contributed by atoms with van der Waals surface area (Å²) in [6.45, 7) is 3.10. The molecule has 1 N–H and O–H groups in total. The SMILES string of the molecule is CNC(=O)c1c(-c2ccccc2)oc2cccc(CN3CCCCC3)c12. The van der Waals surface area contributed by atoms with Crippen LogP contribution in [0.1, 0.15) is 35.2 Å². The van der Waals surface area contributed by atoms with Gasteiger partial charge >= 0.3 is 0 Å². The van der Waals surface area contributed by atoms with Gasteiger partial charge < -0.3 is 9.73 Å². The fourth-order valence-electron chi connectivity index (χ4n) is 3.84. The maximum Gasteiger partial charge on any atom is 0.255 e. The van der Waals surface area contributed by atoms with Gasteiger partial charge in [-0.05, 0) is 37.6 Å². The van der Waals surface area contributed by atoms with Crippen LogP contribution in [-0.2, 0) is 6.54 Å². The van der Waals surface area contributed by atoms with Crippen LogP contribution in [0.15, 0.2) is 52.9 Å². The smallest absolute Gasteiger partial charge is 0.255 e. The molecule has 0 saturated carbocycles. The van der Waals surface area contributed by atoms with E-state index < -0.39 is 0 Å². The summed E-state index contributed by atoms with van der Waals surface area (Å²) in [6, 6.07) is 15.9. The zero-order chi connectivity index (χ0) is 17.9. The van der Waals surface area contributed by atoms with Gasteiger partial charge in [0.25, 0.3) is 5.91 Å². The summed E-state index contributed by atoms with van der Waals surface area (Å²) in [5.74, 6) is 0.541. The van der Waals surface area contributed by atoms with Crippen LogP contribution >= 0.6 is 0 Å². The standard InChI is InChI=1S/C22H24N2O2/c1-23-22(25)20-19-17(15-24-13-6-3-7-14-24)11-8-12-18(19)26-21(20)16-9-4-2-5-10-16/h2,4-5,8-12H,3,6-7,13-15H2,1H3,(H,23,25). The molecule has 4 rings (SSSR count). The molecule has 1 aromatic heterocycles. The minimum absolute atomic E-state index is 0.103. The van der Waals surface area contributed by atoms with Crippen LogP contribution in [0.5, 0.6) is 0 Å². The van der Waals surface area contributed by atoms with Gasteiger partial charge in [0.1, 0.15) is 11.3 Å². The number of fused-ring (bicyclic) bond motifs is 1. The van der Waals surface area contributed by atoms with Crippen LogP contribution in [-0.4, -0.2) is 30.9 Å². The first kappa shape index (κ1) is 16.9. The Hall–Kier alpha value is -2.59. The van der Waals surface area contributed by atoms with E-state index in [1.807, 2.05) is 42.5 Å². The Balaban J connectivity index is 1.86. The fourth-order valence-corrected chi connectivity index (χ4v) is 3.84. The van der Waals surface area contributed by atoms with Gasteiger partial charge in [-0.2, -0.15) is 0 Å². The molecule has 2 heterocycles. The van der Waals surface area contributed by atoms with E-state index in [0.29, 0.717) is 11.3 Å².